The maximum atomic E-state index is 12.7. The average Bonchev–Trinajstić information content (AvgIpc) is 2.67. The number of carbonyl (C=O) groups is 1. The molecule has 0 aromatic heterocycles. The number of benzene rings is 2. The zero-order chi connectivity index (χ0) is 19.0. The van der Waals surface area contributed by atoms with Gasteiger partial charge in [-0.3, -0.25) is 9.32 Å². The van der Waals surface area contributed by atoms with Crippen LogP contribution in [0.5, 0.6) is 5.75 Å². The van der Waals surface area contributed by atoms with E-state index in [9.17, 15) is 9.36 Å². The number of ketones is 1. The molecule has 136 valence electrons. The second-order valence-corrected chi connectivity index (χ2v) is 9.45. The van der Waals surface area contributed by atoms with E-state index in [2.05, 4.69) is 0 Å². The molecule has 0 amide bonds. The van der Waals surface area contributed by atoms with Crippen LogP contribution in [0.4, 0.5) is 0 Å². The maximum absolute atomic E-state index is 12.7. The summed E-state index contributed by atoms with van der Waals surface area (Å²) in [6.45, 7) is 0.791. The van der Waals surface area contributed by atoms with E-state index in [0.29, 0.717) is 34.8 Å². The molecule has 0 bridgehead atoms. The van der Waals surface area contributed by atoms with Crippen molar-refractivity contribution >= 4 is 24.0 Å². The first-order valence-electron chi connectivity index (χ1n) is 8.25. The van der Waals surface area contributed by atoms with Crippen LogP contribution in [0.3, 0.4) is 0 Å². The zero-order valence-electron chi connectivity index (χ0n) is 14.7. The Hall–Kier alpha value is -2.06. The molecule has 0 radical (unpaired) electrons. The minimum absolute atomic E-state index is 0.158. The van der Waals surface area contributed by atoms with Gasteiger partial charge in [0.2, 0.25) is 0 Å². The lowest BCUT2D eigenvalue weighted by Gasteiger charge is -2.17. The Kier molecular flexibility index (Phi) is 7.47. The summed E-state index contributed by atoms with van der Waals surface area (Å²) in [5, 5.41) is 8.82. The van der Waals surface area contributed by atoms with Gasteiger partial charge in [-0.2, -0.15) is 5.26 Å². The van der Waals surface area contributed by atoms with Crippen molar-refractivity contribution in [3.63, 3.8) is 0 Å². The summed E-state index contributed by atoms with van der Waals surface area (Å²) < 4.78 is 23.5. The molecule has 2 aromatic carbocycles. The SMILES string of the molecule is CCCSP(=O)(OCC)Oc1ccc(C(=O)c2ccc(C#N)cc2)cc1. The van der Waals surface area contributed by atoms with Crippen LogP contribution in [0, 0.1) is 11.3 Å². The standard InChI is InChI=1S/C19H20NO4PS/c1-3-13-26-25(22,23-4-2)24-18-11-9-17(10-12-18)19(21)16-7-5-15(14-20)6-8-16/h5-12H,3-4,13H2,1-2H3. The van der Waals surface area contributed by atoms with Crippen molar-refractivity contribution in [1.82, 2.24) is 0 Å². The molecule has 0 aliphatic rings. The van der Waals surface area contributed by atoms with Gasteiger partial charge in [0.25, 0.3) is 0 Å². The maximum Gasteiger partial charge on any atom is 0.440 e. The molecule has 0 aliphatic carbocycles. The van der Waals surface area contributed by atoms with E-state index in [1.165, 1.54) is 11.4 Å². The van der Waals surface area contributed by atoms with Crippen LogP contribution < -0.4 is 4.52 Å². The lowest BCUT2D eigenvalue weighted by molar-refractivity contribution is 0.103. The second kappa shape index (κ2) is 9.59. The van der Waals surface area contributed by atoms with Crippen LogP contribution in [0.15, 0.2) is 48.5 Å². The predicted molar refractivity (Wildman–Crippen MR) is 104 cm³/mol. The van der Waals surface area contributed by atoms with Gasteiger partial charge in [0.05, 0.1) is 18.2 Å². The Morgan fingerprint density at radius 1 is 1.08 bits per heavy atom. The van der Waals surface area contributed by atoms with E-state index in [4.69, 9.17) is 14.3 Å². The second-order valence-electron chi connectivity index (χ2n) is 5.33. The molecule has 0 saturated carbocycles. The summed E-state index contributed by atoms with van der Waals surface area (Å²) in [6, 6.07) is 14.9. The van der Waals surface area contributed by atoms with E-state index in [1.54, 1.807) is 55.5 Å². The van der Waals surface area contributed by atoms with E-state index >= 15 is 0 Å². The minimum atomic E-state index is -3.26. The number of hydrogen-bond donors (Lipinski definition) is 0. The third kappa shape index (κ3) is 5.47. The molecule has 2 rings (SSSR count). The van der Waals surface area contributed by atoms with Gasteiger partial charge in [-0.15, -0.1) is 0 Å². The highest BCUT2D eigenvalue weighted by Crippen LogP contribution is 2.60. The highest BCUT2D eigenvalue weighted by molar-refractivity contribution is 8.55. The molecule has 0 N–H and O–H groups in total. The fourth-order valence-corrected chi connectivity index (χ4v) is 5.57. The van der Waals surface area contributed by atoms with Gasteiger partial charge in [-0.25, -0.2) is 4.57 Å². The van der Waals surface area contributed by atoms with Crippen LogP contribution in [0.1, 0.15) is 41.8 Å². The summed E-state index contributed by atoms with van der Waals surface area (Å²) in [5.74, 6) is 0.906. The number of carbonyl (C=O) groups excluding carboxylic acids is 1. The van der Waals surface area contributed by atoms with Gasteiger partial charge in [0.15, 0.2) is 5.78 Å². The van der Waals surface area contributed by atoms with E-state index in [-0.39, 0.29) is 5.78 Å². The predicted octanol–water partition coefficient (Wildman–Crippen LogP) is 5.46. The summed E-state index contributed by atoms with van der Waals surface area (Å²) in [6.07, 6.45) is 0.864. The molecule has 0 fully saturated rings. The molecular weight excluding hydrogens is 369 g/mol. The van der Waals surface area contributed by atoms with E-state index in [0.717, 1.165) is 6.42 Å². The molecular formula is C19H20NO4PS. The topological polar surface area (TPSA) is 76.4 Å². The molecule has 7 heteroatoms. The number of nitriles is 1. The third-order valence-corrected chi connectivity index (χ3v) is 7.30. The van der Waals surface area contributed by atoms with Crippen molar-refractivity contribution in [3.05, 3.63) is 65.2 Å². The fraction of sp³-hybridized carbons (Fsp3) is 0.263. The Morgan fingerprint density at radius 3 is 2.15 bits per heavy atom. The fourth-order valence-electron chi connectivity index (χ4n) is 2.11. The van der Waals surface area contributed by atoms with Crippen LogP contribution >= 0.6 is 18.2 Å². The third-order valence-electron chi connectivity index (χ3n) is 3.35. The molecule has 2 aromatic rings. The van der Waals surface area contributed by atoms with Gasteiger partial charge in [-0.1, -0.05) is 6.92 Å². The molecule has 5 nitrogen and oxygen atoms in total. The summed E-state index contributed by atoms with van der Waals surface area (Å²) in [7, 11) is 0. The lowest BCUT2D eigenvalue weighted by Crippen LogP contribution is -2.01. The number of rotatable bonds is 9. The van der Waals surface area contributed by atoms with Gasteiger partial charge in [0.1, 0.15) is 5.75 Å². The molecule has 1 unspecified atom stereocenters. The molecule has 0 aliphatic heterocycles. The molecule has 0 spiro atoms. The normalized spacial score (nSPS) is 12.8. The van der Waals surface area contributed by atoms with Gasteiger partial charge < -0.3 is 4.52 Å². The van der Waals surface area contributed by atoms with Crippen molar-refractivity contribution in [1.29, 1.82) is 5.26 Å². The van der Waals surface area contributed by atoms with Crippen LogP contribution in [0.2, 0.25) is 0 Å². The Balaban J connectivity index is 2.12. The van der Waals surface area contributed by atoms with E-state index < -0.39 is 6.80 Å². The van der Waals surface area contributed by atoms with Crippen LogP contribution in [-0.2, 0) is 9.09 Å². The summed E-state index contributed by atoms with van der Waals surface area (Å²) in [4.78, 5) is 12.5. The van der Waals surface area contributed by atoms with E-state index in [1.807, 2.05) is 13.0 Å². The quantitative estimate of drug-likeness (QED) is 0.419. The van der Waals surface area contributed by atoms with Crippen LogP contribution in [0.25, 0.3) is 0 Å². The average molecular weight is 389 g/mol. The summed E-state index contributed by atoms with van der Waals surface area (Å²) >= 11 is 1.17. The zero-order valence-corrected chi connectivity index (χ0v) is 16.4. The van der Waals surface area contributed by atoms with Crippen LogP contribution in [-0.4, -0.2) is 18.1 Å². The largest absolute Gasteiger partial charge is 0.440 e. The molecule has 0 heterocycles. The van der Waals surface area contributed by atoms with Crippen molar-refractivity contribution in [2.45, 2.75) is 20.3 Å². The van der Waals surface area contributed by atoms with Crippen molar-refractivity contribution in [2.24, 2.45) is 0 Å². The van der Waals surface area contributed by atoms with Crippen molar-refractivity contribution in [2.75, 3.05) is 12.4 Å². The van der Waals surface area contributed by atoms with Gasteiger partial charge in [-0.05, 0) is 73.3 Å². The first-order chi connectivity index (χ1) is 12.5. The highest BCUT2D eigenvalue weighted by Gasteiger charge is 2.26. The van der Waals surface area contributed by atoms with Crippen molar-refractivity contribution in [3.8, 4) is 11.8 Å². The smallest absolute Gasteiger partial charge is 0.417 e. The first kappa shape index (κ1) is 20.3. The lowest BCUT2D eigenvalue weighted by atomic mass is 10.0. The number of nitrogens with zero attached hydrogens (tertiary/aromatic N) is 1. The molecule has 0 saturated heterocycles. The van der Waals surface area contributed by atoms with Gasteiger partial charge >= 0.3 is 6.80 Å². The van der Waals surface area contributed by atoms with Crippen molar-refractivity contribution < 1.29 is 18.4 Å². The minimum Gasteiger partial charge on any atom is -0.417 e. The summed E-state index contributed by atoms with van der Waals surface area (Å²) in [5.41, 5.74) is 1.48. The highest BCUT2D eigenvalue weighted by atomic mass is 32.7. The first-order valence-corrected chi connectivity index (χ1v) is 11.4. The number of hydrogen-bond acceptors (Lipinski definition) is 6. The Bertz CT molecular complexity index is 828. The molecule has 26 heavy (non-hydrogen) atoms. The monoisotopic (exact) mass is 389 g/mol. The molecule has 1 atom stereocenters. The Labute approximate surface area is 157 Å². The Morgan fingerprint density at radius 2 is 1.65 bits per heavy atom. The van der Waals surface area contributed by atoms with Gasteiger partial charge in [0, 0.05) is 16.9 Å².